The molecular weight excluding hydrogens is 410 g/mol. The molecule has 0 amide bonds. The van der Waals surface area contributed by atoms with Crippen molar-refractivity contribution < 1.29 is 19.0 Å². The second-order valence-corrected chi connectivity index (χ2v) is 7.02. The van der Waals surface area contributed by atoms with Crippen molar-refractivity contribution in [2.24, 2.45) is 0 Å². The van der Waals surface area contributed by atoms with Crippen LogP contribution in [0.15, 0.2) is 59.1 Å². The first-order valence-corrected chi connectivity index (χ1v) is 9.40. The number of hydrogen-bond donors (Lipinski definition) is 0. The molecular formula is C21H20BrNO4. The Hall–Kier alpha value is -2.60. The highest BCUT2D eigenvalue weighted by atomic mass is 79.9. The van der Waals surface area contributed by atoms with Crippen LogP contribution < -0.4 is 9.47 Å². The van der Waals surface area contributed by atoms with Gasteiger partial charge >= 0.3 is 5.97 Å². The molecule has 3 aromatic rings. The van der Waals surface area contributed by atoms with Crippen molar-refractivity contribution >= 4 is 32.8 Å². The van der Waals surface area contributed by atoms with Crippen molar-refractivity contribution in [2.45, 2.75) is 25.9 Å². The number of esters is 1. The summed E-state index contributed by atoms with van der Waals surface area (Å²) in [5, 5.41) is 1.04. The third-order valence-electron chi connectivity index (χ3n) is 3.99. The number of pyridine rings is 1. The number of ether oxygens (including phenoxy) is 3. The van der Waals surface area contributed by atoms with Gasteiger partial charge in [0.1, 0.15) is 11.5 Å². The molecule has 140 valence electrons. The Labute approximate surface area is 166 Å². The Morgan fingerprint density at radius 3 is 2.56 bits per heavy atom. The summed E-state index contributed by atoms with van der Waals surface area (Å²) >= 11 is 3.45. The predicted octanol–water partition coefficient (Wildman–Crippen LogP) is 5.51. The van der Waals surface area contributed by atoms with Gasteiger partial charge < -0.3 is 14.2 Å². The average molecular weight is 430 g/mol. The summed E-state index contributed by atoms with van der Waals surface area (Å²) in [6, 6.07) is 17.1. The van der Waals surface area contributed by atoms with E-state index in [1.54, 1.807) is 0 Å². The molecule has 27 heavy (non-hydrogen) atoms. The maximum Gasteiger partial charge on any atom is 0.305 e. The van der Waals surface area contributed by atoms with E-state index >= 15 is 0 Å². The molecule has 5 nitrogen and oxygen atoms in total. The fourth-order valence-corrected chi connectivity index (χ4v) is 2.93. The minimum absolute atomic E-state index is 0.0858. The van der Waals surface area contributed by atoms with Crippen LogP contribution in [0.4, 0.5) is 0 Å². The number of carbonyl (C=O) groups excluding carboxylic acids is 1. The molecule has 0 aliphatic heterocycles. The van der Waals surface area contributed by atoms with Gasteiger partial charge in [0.2, 0.25) is 5.88 Å². The second kappa shape index (κ2) is 8.86. The molecule has 0 fully saturated rings. The average Bonchev–Trinajstić information content (AvgIpc) is 2.67. The van der Waals surface area contributed by atoms with Gasteiger partial charge in [0.25, 0.3) is 0 Å². The van der Waals surface area contributed by atoms with Gasteiger partial charge in [-0.05, 0) is 61.9 Å². The maximum atomic E-state index is 11.2. The van der Waals surface area contributed by atoms with Crippen molar-refractivity contribution in [2.75, 3.05) is 7.11 Å². The van der Waals surface area contributed by atoms with Gasteiger partial charge in [0.15, 0.2) is 0 Å². The molecule has 1 aromatic heterocycles. The first-order chi connectivity index (χ1) is 13.0. The number of carbonyl (C=O) groups is 1. The fourth-order valence-electron chi connectivity index (χ4n) is 2.56. The van der Waals surface area contributed by atoms with E-state index in [-0.39, 0.29) is 12.1 Å². The maximum absolute atomic E-state index is 11.2. The number of aromatic nitrogens is 1. The molecule has 0 saturated heterocycles. The van der Waals surface area contributed by atoms with E-state index in [1.807, 2.05) is 61.5 Å². The summed E-state index contributed by atoms with van der Waals surface area (Å²) < 4.78 is 17.3. The van der Waals surface area contributed by atoms with Crippen LogP contribution in [0.5, 0.6) is 17.4 Å². The lowest BCUT2D eigenvalue weighted by atomic mass is 10.2. The molecule has 0 bridgehead atoms. The lowest BCUT2D eigenvalue weighted by Crippen LogP contribution is -2.14. The van der Waals surface area contributed by atoms with E-state index in [1.165, 1.54) is 7.11 Å². The Morgan fingerprint density at radius 1 is 1.07 bits per heavy atom. The smallest absolute Gasteiger partial charge is 0.305 e. The molecule has 2 aromatic carbocycles. The SMILES string of the molecule is COC(=O)CCC(C)Oc1ccc(Oc2ccc3cc(Br)ccc3n2)cc1. The Kier molecular flexibility index (Phi) is 6.29. The minimum atomic E-state index is -0.232. The fraction of sp³-hybridized carbons (Fsp3) is 0.238. The van der Waals surface area contributed by atoms with Gasteiger partial charge in [0, 0.05) is 22.3 Å². The highest BCUT2D eigenvalue weighted by molar-refractivity contribution is 9.10. The number of rotatable bonds is 7. The zero-order valence-corrected chi connectivity index (χ0v) is 16.7. The van der Waals surface area contributed by atoms with Gasteiger partial charge in [-0.25, -0.2) is 4.98 Å². The molecule has 0 radical (unpaired) electrons. The van der Waals surface area contributed by atoms with Crippen molar-refractivity contribution in [3.63, 3.8) is 0 Å². The Morgan fingerprint density at radius 2 is 1.81 bits per heavy atom. The number of nitrogens with zero attached hydrogens (tertiary/aromatic N) is 1. The van der Waals surface area contributed by atoms with Crippen LogP contribution in [-0.4, -0.2) is 24.2 Å². The van der Waals surface area contributed by atoms with E-state index in [0.717, 1.165) is 21.1 Å². The van der Waals surface area contributed by atoms with E-state index in [4.69, 9.17) is 9.47 Å². The monoisotopic (exact) mass is 429 g/mol. The number of benzene rings is 2. The van der Waals surface area contributed by atoms with E-state index in [9.17, 15) is 4.79 Å². The van der Waals surface area contributed by atoms with Gasteiger partial charge in [-0.1, -0.05) is 15.9 Å². The van der Waals surface area contributed by atoms with Crippen LogP contribution in [0.3, 0.4) is 0 Å². The molecule has 0 aliphatic rings. The number of hydrogen-bond acceptors (Lipinski definition) is 5. The van der Waals surface area contributed by atoms with Gasteiger partial charge in [-0.3, -0.25) is 4.79 Å². The normalized spacial score (nSPS) is 11.8. The summed E-state index contributed by atoms with van der Waals surface area (Å²) in [5.74, 6) is 1.69. The minimum Gasteiger partial charge on any atom is -0.491 e. The molecule has 0 saturated carbocycles. The van der Waals surface area contributed by atoms with Crippen LogP contribution in [-0.2, 0) is 9.53 Å². The van der Waals surface area contributed by atoms with Crippen LogP contribution in [0.25, 0.3) is 10.9 Å². The Balaban J connectivity index is 1.60. The number of halogens is 1. The zero-order chi connectivity index (χ0) is 19.2. The molecule has 6 heteroatoms. The van der Waals surface area contributed by atoms with Crippen LogP contribution in [0.2, 0.25) is 0 Å². The molecule has 1 heterocycles. The largest absolute Gasteiger partial charge is 0.491 e. The van der Waals surface area contributed by atoms with Gasteiger partial charge in [-0.15, -0.1) is 0 Å². The predicted molar refractivity (Wildman–Crippen MR) is 107 cm³/mol. The summed E-state index contributed by atoms with van der Waals surface area (Å²) in [7, 11) is 1.38. The highest BCUT2D eigenvalue weighted by Gasteiger charge is 2.09. The van der Waals surface area contributed by atoms with Crippen LogP contribution in [0, 0.1) is 0 Å². The lowest BCUT2D eigenvalue weighted by molar-refractivity contribution is -0.141. The van der Waals surface area contributed by atoms with Crippen molar-refractivity contribution in [1.29, 1.82) is 0 Å². The van der Waals surface area contributed by atoms with Crippen LogP contribution >= 0.6 is 15.9 Å². The molecule has 3 rings (SSSR count). The molecule has 1 atom stereocenters. The van der Waals surface area contributed by atoms with Crippen molar-refractivity contribution in [3.05, 3.63) is 59.1 Å². The standard InChI is InChI=1S/C21H20BrNO4/c1-14(3-12-21(24)25-2)26-17-6-8-18(9-7-17)27-20-11-4-15-13-16(22)5-10-19(15)23-20/h4-11,13-14H,3,12H2,1-2H3. The highest BCUT2D eigenvalue weighted by Crippen LogP contribution is 2.26. The summed E-state index contributed by atoms with van der Waals surface area (Å²) in [6.45, 7) is 1.92. The Bertz CT molecular complexity index is 927. The molecule has 1 unspecified atom stereocenters. The lowest BCUT2D eigenvalue weighted by Gasteiger charge is -2.14. The third-order valence-corrected chi connectivity index (χ3v) is 4.49. The van der Waals surface area contributed by atoms with Gasteiger partial charge in [0.05, 0.1) is 18.7 Å². The van der Waals surface area contributed by atoms with E-state index in [2.05, 4.69) is 25.7 Å². The van der Waals surface area contributed by atoms with E-state index < -0.39 is 0 Å². The number of methoxy groups -OCH3 is 1. The van der Waals surface area contributed by atoms with Crippen molar-refractivity contribution in [3.8, 4) is 17.4 Å². The topological polar surface area (TPSA) is 57.7 Å². The van der Waals surface area contributed by atoms with Gasteiger partial charge in [-0.2, -0.15) is 0 Å². The van der Waals surface area contributed by atoms with Crippen LogP contribution in [0.1, 0.15) is 19.8 Å². The van der Waals surface area contributed by atoms with Crippen molar-refractivity contribution in [1.82, 2.24) is 4.98 Å². The third kappa shape index (κ3) is 5.44. The zero-order valence-electron chi connectivity index (χ0n) is 15.1. The molecule has 0 N–H and O–H groups in total. The molecule has 0 aliphatic carbocycles. The first kappa shape index (κ1) is 19.2. The number of fused-ring (bicyclic) bond motifs is 1. The first-order valence-electron chi connectivity index (χ1n) is 8.61. The second-order valence-electron chi connectivity index (χ2n) is 6.10. The summed E-state index contributed by atoms with van der Waals surface area (Å²) in [4.78, 5) is 15.7. The quantitative estimate of drug-likeness (QED) is 0.463. The summed E-state index contributed by atoms with van der Waals surface area (Å²) in [6.07, 6.45) is 0.850. The van der Waals surface area contributed by atoms with E-state index in [0.29, 0.717) is 24.5 Å². The summed E-state index contributed by atoms with van der Waals surface area (Å²) in [5.41, 5.74) is 0.870. The molecule has 0 spiro atoms.